The van der Waals surface area contributed by atoms with Gasteiger partial charge in [-0.2, -0.15) is 0 Å². The number of anilines is 1. The lowest BCUT2D eigenvalue weighted by Gasteiger charge is -2.13. The molecule has 102 valence electrons. The molecule has 0 saturated carbocycles. The van der Waals surface area contributed by atoms with E-state index < -0.39 is 6.09 Å². The summed E-state index contributed by atoms with van der Waals surface area (Å²) in [5, 5.41) is 3.41. The Kier molecular flexibility index (Phi) is 4.17. The van der Waals surface area contributed by atoms with Gasteiger partial charge < -0.3 is 10.1 Å². The SMILES string of the molecule is CC(=O)NC[C@@H]1CN(c2ccc(Cl)c(Cl)c2)C(=O)O1. The zero-order valence-corrected chi connectivity index (χ0v) is 11.7. The molecule has 1 aromatic carbocycles. The zero-order valence-electron chi connectivity index (χ0n) is 10.2. The van der Waals surface area contributed by atoms with Crippen molar-refractivity contribution in [2.45, 2.75) is 13.0 Å². The van der Waals surface area contributed by atoms with Gasteiger partial charge in [0.15, 0.2) is 0 Å². The molecule has 2 rings (SSSR count). The van der Waals surface area contributed by atoms with Gasteiger partial charge in [0, 0.05) is 12.6 Å². The summed E-state index contributed by atoms with van der Waals surface area (Å²) in [6.07, 6.45) is -0.834. The van der Waals surface area contributed by atoms with Crippen molar-refractivity contribution in [2.24, 2.45) is 0 Å². The topological polar surface area (TPSA) is 58.6 Å². The number of nitrogens with one attached hydrogen (secondary N) is 1. The van der Waals surface area contributed by atoms with Crippen LogP contribution in [0.3, 0.4) is 0 Å². The van der Waals surface area contributed by atoms with Gasteiger partial charge in [-0.05, 0) is 18.2 Å². The fourth-order valence-corrected chi connectivity index (χ4v) is 2.04. The Balaban J connectivity index is 2.07. The fourth-order valence-electron chi connectivity index (χ4n) is 1.75. The number of amides is 2. The van der Waals surface area contributed by atoms with Gasteiger partial charge in [0.2, 0.25) is 5.91 Å². The predicted molar refractivity (Wildman–Crippen MR) is 72.8 cm³/mol. The molecule has 1 fully saturated rings. The van der Waals surface area contributed by atoms with Crippen molar-refractivity contribution in [1.82, 2.24) is 5.32 Å². The number of carbonyl (C=O) groups is 2. The normalized spacial score (nSPS) is 18.4. The molecule has 0 bridgehead atoms. The second-order valence-corrected chi connectivity index (χ2v) is 4.97. The molecule has 0 aromatic heterocycles. The Bertz CT molecular complexity index is 522. The first kappa shape index (κ1) is 14.0. The Morgan fingerprint density at radius 1 is 1.47 bits per heavy atom. The first-order valence-corrected chi connectivity index (χ1v) is 6.40. The predicted octanol–water partition coefficient (Wildman–Crippen LogP) is 2.45. The number of cyclic esters (lactones) is 1. The molecule has 0 spiro atoms. The minimum Gasteiger partial charge on any atom is -0.442 e. The number of hydrogen-bond acceptors (Lipinski definition) is 3. The number of carbonyl (C=O) groups excluding carboxylic acids is 2. The first-order valence-electron chi connectivity index (χ1n) is 5.65. The summed E-state index contributed by atoms with van der Waals surface area (Å²) in [5.74, 6) is -0.163. The molecule has 1 N–H and O–H groups in total. The molecular weight excluding hydrogens is 291 g/mol. The van der Waals surface area contributed by atoms with E-state index in [1.807, 2.05) is 0 Å². The molecule has 1 aliphatic rings. The van der Waals surface area contributed by atoms with Crippen LogP contribution in [0.2, 0.25) is 10.0 Å². The number of nitrogens with zero attached hydrogens (tertiary/aromatic N) is 1. The monoisotopic (exact) mass is 302 g/mol. The third-order valence-corrected chi connectivity index (χ3v) is 3.41. The van der Waals surface area contributed by atoms with Crippen LogP contribution in [0.15, 0.2) is 18.2 Å². The van der Waals surface area contributed by atoms with Gasteiger partial charge in [0.1, 0.15) is 6.10 Å². The molecule has 19 heavy (non-hydrogen) atoms. The molecular formula is C12H12Cl2N2O3. The standard InChI is InChI=1S/C12H12Cl2N2O3/c1-7(17)15-5-9-6-16(12(18)19-9)8-2-3-10(13)11(14)4-8/h2-4,9H,5-6H2,1H3,(H,15,17)/t9-/m1/s1. The molecule has 1 saturated heterocycles. The van der Waals surface area contributed by atoms with Crippen molar-refractivity contribution in [3.63, 3.8) is 0 Å². The molecule has 1 atom stereocenters. The van der Waals surface area contributed by atoms with Gasteiger partial charge in [-0.1, -0.05) is 23.2 Å². The number of benzene rings is 1. The molecule has 2 amide bonds. The third kappa shape index (κ3) is 3.30. The second-order valence-electron chi connectivity index (χ2n) is 4.15. The summed E-state index contributed by atoms with van der Waals surface area (Å²) >= 11 is 11.7. The van der Waals surface area contributed by atoms with Crippen LogP contribution < -0.4 is 10.2 Å². The van der Waals surface area contributed by atoms with Crippen LogP contribution >= 0.6 is 23.2 Å². The maximum absolute atomic E-state index is 11.7. The van der Waals surface area contributed by atoms with Crippen molar-refractivity contribution in [3.8, 4) is 0 Å². The van der Waals surface area contributed by atoms with Gasteiger partial charge in [-0.15, -0.1) is 0 Å². The quantitative estimate of drug-likeness (QED) is 0.933. The molecule has 0 unspecified atom stereocenters. The minimum absolute atomic E-state index is 0.163. The van der Waals surface area contributed by atoms with Crippen molar-refractivity contribution in [3.05, 3.63) is 28.2 Å². The van der Waals surface area contributed by atoms with Crippen molar-refractivity contribution >= 4 is 40.9 Å². The van der Waals surface area contributed by atoms with Gasteiger partial charge in [0.05, 0.1) is 23.1 Å². The smallest absolute Gasteiger partial charge is 0.414 e. The maximum Gasteiger partial charge on any atom is 0.414 e. The summed E-state index contributed by atoms with van der Waals surface area (Å²) < 4.78 is 5.15. The average molecular weight is 303 g/mol. The highest BCUT2D eigenvalue weighted by Gasteiger charge is 2.32. The average Bonchev–Trinajstić information content (AvgIpc) is 2.72. The van der Waals surface area contributed by atoms with Gasteiger partial charge in [-0.25, -0.2) is 4.79 Å². The van der Waals surface area contributed by atoms with Crippen LogP contribution in [0.4, 0.5) is 10.5 Å². The van der Waals surface area contributed by atoms with Crippen LogP contribution in [0, 0.1) is 0 Å². The summed E-state index contributed by atoms with van der Waals surface area (Å²) in [4.78, 5) is 24.0. The summed E-state index contributed by atoms with van der Waals surface area (Å²) in [5.41, 5.74) is 0.615. The third-order valence-electron chi connectivity index (χ3n) is 2.67. The minimum atomic E-state index is -0.464. The van der Waals surface area contributed by atoms with Gasteiger partial charge in [-0.3, -0.25) is 9.69 Å². The van der Waals surface area contributed by atoms with Crippen molar-refractivity contribution < 1.29 is 14.3 Å². The van der Waals surface area contributed by atoms with E-state index in [4.69, 9.17) is 27.9 Å². The van der Waals surface area contributed by atoms with E-state index in [0.717, 1.165) is 0 Å². The van der Waals surface area contributed by atoms with Crippen LogP contribution in [-0.2, 0) is 9.53 Å². The molecule has 5 nitrogen and oxygen atoms in total. The molecule has 1 aromatic rings. The largest absolute Gasteiger partial charge is 0.442 e. The number of halogens is 2. The molecule has 7 heteroatoms. The highest BCUT2D eigenvalue weighted by atomic mass is 35.5. The van der Waals surface area contributed by atoms with Crippen molar-refractivity contribution in [1.29, 1.82) is 0 Å². The van der Waals surface area contributed by atoms with E-state index in [-0.39, 0.29) is 12.0 Å². The Morgan fingerprint density at radius 3 is 2.84 bits per heavy atom. The van der Waals surface area contributed by atoms with Gasteiger partial charge in [0.25, 0.3) is 0 Å². The van der Waals surface area contributed by atoms with E-state index in [9.17, 15) is 9.59 Å². The van der Waals surface area contributed by atoms with E-state index in [0.29, 0.717) is 28.8 Å². The highest BCUT2D eigenvalue weighted by Crippen LogP contribution is 2.29. The second kappa shape index (κ2) is 5.67. The van der Waals surface area contributed by atoms with E-state index in [2.05, 4.69) is 5.32 Å². The van der Waals surface area contributed by atoms with E-state index in [1.165, 1.54) is 11.8 Å². The summed E-state index contributed by atoms with van der Waals surface area (Å²) in [6.45, 7) is 2.06. The molecule has 0 radical (unpaired) electrons. The summed E-state index contributed by atoms with van der Waals surface area (Å²) in [7, 11) is 0. The number of ether oxygens (including phenoxy) is 1. The Labute approximate surface area is 120 Å². The Hall–Kier alpha value is -1.46. The lowest BCUT2D eigenvalue weighted by atomic mass is 10.2. The number of hydrogen-bond donors (Lipinski definition) is 1. The van der Waals surface area contributed by atoms with Crippen LogP contribution in [-0.4, -0.2) is 31.2 Å². The van der Waals surface area contributed by atoms with E-state index >= 15 is 0 Å². The summed E-state index contributed by atoms with van der Waals surface area (Å²) in [6, 6.07) is 4.91. The van der Waals surface area contributed by atoms with Crippen LogP contribution in [0.1, 0.15) is 6.92 Å². The molecule has 0 aliphatic carbocycles. The zero-order chi connectivity index (χ0) is 14.0. The first-order chi connectivity index (χ1) is 8.97. The van der Waals surface area contributed by atoms with E-state index in [1.54, 1.807) is 18.2 Å². The highest BCUT2D eigenvalue weighted by molar-refractivity contribution is 6.42. The Morgan fingerprint density at radius 2 is 2.21 bits per heavy atom. The van der Waals surface area contributed by atoms with Crippen molar-refractivity contribution in [2.75, 3.05) is 18.0 Å². The molecule has 1 aliphatic heterocycles. The number of rotatable bonds is 3. The lowest BCUT2D eigenvalue weighted by Crippen LogP contribution is -2.33. The lowest BCUT2D eigenvalue weighted by molar-refractivity contribution is -0.119. The van der Waals surface area contributed by atoms with Crippen LogP contribution in [0.25, 0.3) is 0 Å². The van der Waals surface area contributed by atoms with Gasteiger partial charge >= 0.3 is 6.09 Å². The maximum atomic E-state index is 11.7. The fraction of sp³-hybridized carbons (Fsp3) is 0.333. The van der Waals surface area contributed by atoms with Crippen LogP contribution in [0.5, 0.6) is 0 Å². The molecule has 1 heterocycles.